The van der Waals surface area contributed by atoms with Crippen molar-refractivity contribution in [2.75, 3.05) is 38.6 Å². The molecule has 26 heavy (non-hydrogen) atoms. The number of likely N-dealkylation sites (N-methyl/N-ethyl adjacent to an activating group) is 1. The molecule has 1 N–H and O–H groups in total. The average molecular weight is 371 g/mol. The van der Waals surface area contributed by atoms with Crippen molar-refractivity contribution >= 4 is 23.4 Å². The van der Waals surface area contributed by atoms with Crippen LogP contribution in [0, 0.1) is 0 Å². The predicted molar refractivity (Wildman–Crippen MR) is 87.1 cm³/mol. The summed E-state index contributed by atoms with van der Waals surface area (Å²) in [7, 11) is 1.30. The van der Waals surface area contributed by atoms with Gasteiger partial charge in [-0.2, -0.15) is 8.78 Å². The van der Waals surface area contributed by atoms with Crippen molar-refractivity contribution < 1.29 is 32.6 Å². The van der Waals surface area contributed by atoms with E-state index in [4.69, 9.17) is 4.74 Å². The molecule has 0 bridgehead atoms. The van der Waals surface area contributed by atoms with E-state index in [0.29, 0.717) is 13.1 Å². The third-order valence-electron chi connectivity index (χ3n) is 3.78. The number of methoxy groups -OCH3 is 1. The SMILES string of the molecule is CCN1CCN(CC(=O)Nc2ccc(OC)c(OC(F)F)c2)C(=O)C1=O. The number of anilines is 1. The van der Waals surface area contributed by atoms with E-state index >= 15 is 0 Å². The Kier molecular flexibility index (Phi) is 6.31. The maximum Gasteiger partial charge on any atom is 0.387 e. The van der Waals surface area contributed by atoms with Crippen molar-refractivity contribution in [2.24, 2.45) is 0 Å². The van der Waals surface area contributed by atoms with Crippen LogP contribution in [0.3, 0.4) is 0 Å². The van der Waals surface area contributed by atoms with Crippen molar-refractivity contribution in [1.29, 1.82) is 0 Å². The third-order valence-corrected chi connectivity index (χ3v) is 3.78. The molecule has 1 aromatic rings. The molecule has 10 heteroatoms. The summed E-state index contributed by atoms with van der Waals surface area (Å²) in [5.74, 6) is -2.11. The van der Waals surface area contributed by atoms with E-state index in [2.05, 4.69) is 10.1 Å². The number of carbonyl (C=O) groups excluding carboxylic acids is 3. The van der Waals surface area contributed by atoms with Gasteiger partial charge in [0.15, 0.2) is 11.5 Å². The molecule has 0 aromatic heterocycles. The van der Waals surface area contributed by atoms with Crippen molar-refractivity contribution in [3.8, 4) is 11.5 Å². The van der Waals surface area contributed by atoms with Gasteiger partial charge in [0.05, 0.1) is 7.11 Å². The van der Waals surface area contributed by atoms with Crippen molar-refractivity contribution in [1.82, 2.24) is 9.80 Å². The molecule has 0 spiro atoms. The number of amides is 3. The predicted octanol–water partition coefficient (Wildman–Crippen LogP) is 0.926. The second-order valence-electron chi connectivity index (χ2n) is 5.40. The monoisotopic (exact) mass is 371 g/mol. The molecule has 0 radical (unpaired) electrons. The minimum atomic E-state index is -3.05. The van der Waals surface area contributed by atoms with Gasteiger partial charge in [0.2, 0.25) is 5.91 Å². The molecule has 3 amide bonds. The molecule has 1 fully saturated rings. The molecule has 1 aliphatic heterocycles. The van der Waals surface area contributed by atoms with Crippen molar-refractivity contribution in [2.45, 2.75) is 13.5 Å². The lowest BCUT2D eigenvalue weighted by atomic mass is 10.2. The number of benzene rings is 1. The molecule has 1 aromatic carbocycles. The largest absolute Gasteiger partial charge is 0.493 e. The number of hydrogen-bond acceptors (Lipinski definition) is 5. The minimum Gasteiger partial charge on any atom is -0.493 e. The lowest BCUT2D eigenvalue weighted by Crippen LogP contribution is -2.55. The van der Waals surface area contributed by atoms with Gasteiger partial charge < -0.3 is 24.6 Å². The fourth-order valence-electron chi connectivity index (χ4n) is 2.48. The van der Waals surface area contributed by atoms with Crippen LogP contribution in [-0.2, 0) is 14.4 Å². The van der Waals surface area contributed by atoms with E-state index < -0.39 is 24.3 Å². The van der Waals surface area contributed by atoms with E-state index in [9.17, 15) is 23.2 Å². The molecule has 142 valence electrons. The summed E-state index contributed by atoms with van der Waals surface area (Å²) in [6.07, 6.45) is 0. The van der Waals surface area contributed by atoms with E-state index in [-0.39, 0.29) is 30.3 Å². The molecule has 2 rings (SSSR count). The van der Waals surface area contributed by atoms with Crippen LogP contribution in [0.15, 0.2) is 18.2 Å². The van der Waals surface area contributed by atoms with Crippen LogP contribution in [0.1, 0.15) is 6.92 Å². The number of hydrogen-bond donors (Lipinski definition) is 1. The standard InChI is InChI=1S/C16H19F2N3O5/c1-3-20-6-7-21(15(24)14(20)23)9-13(22)19-10-4-5-11(25-2)12(8-10)26-16(17)18/h4-5,8,16H,3,6-7,9H2,1-2H3,(H,19,22). The normalized spacial score (nSPS) is 14.7. The van der Waals surface area contributed by atoms with Gasteiger partial charge >= 0.3 is 18.4 Å². The Bertz CT molecular complexity index is 698. The van der Waals surface area contributed by atoms with Crippen LogP contribution in [-0.4, -0.2) is 67.4 Å². The number of ether oxygens (including phenoxy) is 2. The first-order valence-electron chi connectivity index (χ1n) is 7.86. The molecule has 1 aliphatic rings. The zero-order chi connectivity index (χ0) is 19.3. The number of nitrogens with zero attached hydrogens (tertiary/aromatic N) is 2. The highest BCUT2D eigenvalue weighted by molar-refractivity contribution is 6.35. The Labute approximate surface area is 148 Å². The fourth-order valence-corrected chi connectivity index (χ4v) is 2.48. The molecule has 0 saturated carbocycles. The molecule has 1 heterocycles. The Morgan fingerprint density at radius 3 is 2.46 bits per heavy atom. The number of piperazine rings is 1. The summed E-state index contributed by atoms with van der Waals surface area (Å²) in [5.41, 5.74) is 0.192. The smallest absolute Gasteiger partial charge is 0.387 e. The van der Waals surface area contributed by atoms with Gasteiger partial charge in [0.1, 0.15) is 6.54 Å². The highest BCUT2D eigenvalue weighted by Crippen LogP contribution is 2.31. The maximum absolute atomic E-state index is 12.4. The Morgan fingerprint density at radius 1 is 1.19 bits per heavy atom. The summed E-state index contributed by atoms with van der Waals surface area (Å²) in [5, 5.41) is 2.48. The number of alkyl halides is 2. The van der Waals surface area contributed by atoms with Gasteiger partial charge in [0.25, 0.3) is 0 Å². The Balaban J connectivity index is 2.01. The molecule has 8 nitrogen and oxygen atoms in total. The number of rotatable bonds is 7. The highest BCUT2D eigenvalue weighted by atomic mass is 19.3. The number of halogens is 2. The van der Waals surface area contributed by atoms with Crippen molar-refractivity contribution in [3.63, 3.8) is 0 Å². The van der Waals surface area contributed by atoms with E-state index in [1.807, 2.05) is 0 Å². The second-order valence-corrected chi connectivity index (χ2v) is 5.40. The van der Waals surface area contributed by atoms with Crippen LogP contribution in [0.4, 0.5) is 14.5 Å². The quantitative estimate of drug-likeness (QED) is 0.721. The zero-order valence-electron chi connectivity index (χ0n) is 14.3. The fraction of sp³-hybridized carbons (Fsp3) is 0.438. The number of carbonyl (C=O) groups is 3. The lowest BCUT2D eigenvalue weighted by Gasteiger charge is -2.32. The second kappa shape index (κ2) is 8.45. The summed E-state index contributed by atoms with van der Waals surface area (Å²) in [4.78, 5) is 38.5. The van der Waals surface area contributed by atoms with E-state index in [1.165, 1.54) is 30.2 Å². The summed E-state index contributed by atoms with van der Waals surface area (Å²) < 4.78 is 34.1. The molecule has 0 atom stereocenters. The van der Waals surface area contributed by atoms with Gasteiger partial charge in [-0.3, -0.25) is 14.4 Å². The molecular formula is C16H19F2N3O5. The van der Waals surface area contributed by atoms with Crippen LogP contribution in [0.2, 0.25) is 0 Å². The van der Waals surface area contributed by atoms with E-state index in [1.54, 1.807) is 6.92 Å². The zero-order valence-corrected chi connectivity index (χ0v) is 14.3. The van der Waals surface area contributed by atoms with E-state index in [0.717, 1.165) is 4.90 Å². The first kappa shape index (κ1) is 19.4. The van der Waals surface area contributed by atoms with Crippen LogP contribution >= 0.6 is 0 Å². The molecule has 0 unspecified atom stereocenters. The molecule has 1 saturated heterocycles. The summed E-state index contributed by atoms with van der Waals surface area (Å²) in [6, 6.07) is 3.99. The van der Waals surface area contributed by atoms with Crippen LogP contribution in [0.25, 0.3) is 0 Å². The Morgan fingerprint density at radius 2 is 1.85 bits per heavy atom. The van der Waals surface area contributed by atoms with Gasteiger partial charge in [-0.1, -0.05) is 0 Å². The van der Waals surface area contributed by atoms with Crippen molar-refractivity contribution in [3.05, 3.63) is 18.2 Å². The average Bonchev–Trinajstić information content (AvgIpc) is 2.59. The minimum absolute atomic E-state index is 0.0831. The molecule has 0 aliphatic carbocycles. The highest BCUT2D eigenvalue weighted by Gasteiger charge is 2.32. The summed E-state index contributed by atoms with van der Waals surface area (Å²) in [6.45, 7) is -0.593. The van der Waals surface area contributed by atoms with Gasteiger partial charge in [-0.25, -0.2) is 0 Å². The van der Waals surface area contributed by atoms with Gasteiger partial charge in [-0.15, -0.1) is 0 Å². The molecular weight excluding hydrogens is 352 g/mol. The van der Waals surface area contributed by atoms with Crippen LogP contribution in [0.5, 0.6) is 11.5 Å². The van der Waals surface area contributed by atoms with Gasteiger partial charge in [0, 0.05) is 31.4 Å². The topological polar surface area (TPSA) is 88.2 Å². The van der Waals surface area contributed by atoms with Crippen LogP contribution < -0.4 is 14.8 Å². The van der Waals surface area contributed by atoms with Gasteiger partial charge in [-0.05, 0) is 19.1 Å². The summed E-state index contributed by atoms with van der Waals surface area (Å²) >= 11 is 0. The maximum atomic E-state index is 12.4. The third kappa shape index (κ3) is 4.58. The number of nitrogens with one attached hydrogen (secondary N) is 1. The lowest BCUT2D eigenvalue weighted by molar-refractivity contribution is -0.156. The Hall–Kier alpha value is -2.91. The first-order chi connectivity index (χ1) is 12.3. The first-order valence-corrected chi connectivity index (χ1v) is 7.86.